The molecule has 0 radical (unpaired) electrons. The van der Waals surface area contributed by atoms with Crippen LogP contribution in [-0.2, 0) is 0 Å². The molecule has 150 valence electrons. The lowest BCUT2D eigenvalue weighted by Gasteiger charge is -2.08. The minimum absolute atomic E-state index is 0.290. The number of aryl methyl sites for hydroxylation is 2. The number of anilines is 1. The Morgan fingerprint density at radius 3 is 2.20 bits per heavy atom. The average Bonchev–Trinajstić information content (AvgIpc) is 3.17. The van der Waals surface area contributed by atoms with E-state index in [0.717, 1.165) is 28.1 Å². The molecule has 1 aromatic heterocycles. The molecule has 4 rings (SSSR count). The van der Waals surface area contributed by atoms with Crippen molar-refractivity contribution in [2.45, 2.75) is 13.8 Å². The monoisotopic (exact) mass is 435 g/mol. The van der Waals surface area contributed by atoms with Crippen LogP contribution in [0.5, 0.6) is 0 Å². The van der Waals surface area contributed by atoms with Gasteiger partial charge in [-0.05, 0) is 67.9 Å². The van der Waals surface area contributed by atoms with Gasteiger partial charge in [0.05, 0.1) is 11.4 Å². The molecule has 6 heteroatoms. The van der Waals surface area contributed by atoms with Crippen LogP contribution in [-0.4, -0.2) is 15.7 Å². The molecule has 1 amide bonds. The number of rotatable bonds is 4. The highest BCUT2D eigenvalue weighted by Crippen LogP contribution is 2.27. The Balaban J connectivity index is 1.75. The minimum Gasteiger partial charge on any atom is -0.320 e. The van der Waals surface area contributed by atoms with Crippen LogP contribution in [0, 0.1) is 13.8 Å². The molecular weight excluding hydrogens is 417 g/mol. The number of carbonyl (C=O) groups excluding carboxylic acids is 1. The number of nitrogens with zero attached hydrogens (tertiary/aromatic N) is 2. The Bertz CT molecular complexity index is 1150. The molecule has 0 bridgehead atoms. The number of hydrogen-bond acceptors (Lipinski definition) is 2. The van der Waals surface area contributed by atoms with Crippen LogP contribution in [0.25, 0.3) is 16.9 Å². The maximum atomic E-state index is 12.9. The fraction of sp³-hybridized carbons (Fsp3) is 0.0833. The van der Waals surface area contributed by atoms with E-state index in [4.69, 9.17) is 23.2 Å². The van der Waals surface area contributed by atoms with Crippen LogP contribution in [0.2, 0.25) is 10.0 Å². The summed E-state index contributed by atoms with van der Waals surface area (Å²) in [5.74, 6) is -0.290. The van der Waals surface area contributed by atoms with Crippen LogP contribution in [0.4, 0.5) is 5.69 Å². The van der Waals surface area contributed by atoms with E-state index < -0.39 is 0 Å². The second-order valence-electron chi connectivity index (χ2n) is 7.08. The zero-order valence-electron chi connectivity index (χ0n) is 16.5. The first-order valence-electron chi connectivity index (χ1n) is 9.41. The summed E-state index contributed by atoms with van der Waals surface area (Å²) in [5.41, 5.74) is 5.62. The predicted octanol–water partition coefficient (Wildman–Crippen LogP) is 6.72. The van der Waals surface area contributed by atoms with Crippen LogP contribution in [0.3, 0.4) is 0 Å². The lowest BCUT2D eigenvalue weighted by Crippen LogP contribution is -2.14. The van der Waals surface area contributed by atoms with Gasteiger partial charge in [-0.1, -0.05) is 53.0 Å². The zero-order chi connectivity index (χ0) is 21.3. The van der Waals surface area contributed by atoms with E-state index in [9.17, 15) is 4.79 Å². The molecule has 3 aromatic carbocycles. The van der Waals surface area contributed by atoms with Crippen molar-refractivity contribution < 1.29 is 4.79 Å². The number of nitrogens with one attached hydrogen (secondary N) is 1. The van der Waals surface area contributed by atoms with Crippen molar-refractivity contribution in [2.75, 3.05) is 5.32 Å². The van der Waals surface area contributed by atoms with Crippen molar-refractivity contribution in [1.82, 2.24) is 9.78 Å². The Morgan fingerprint density at radius 2 is 1.53 bits per heavy atom. The Morgan fingerprint density at radius 1 is 0.867 bits per heavy atom. The van der Waals surface area contributed by atoms with Gasteiger partial charge < -0.3 is 5.32 Å². The second-order valence-corrected chi connectivity index (χ2v) is 7.96. The Kier molecular flexibility index (Phi) is 5.62. The van der Waals surface area contributed by atoms with Crippen molar-refractivity contribution in [1.29, 1.82) is 0 Å². The molecule has 0 aliphatic carbocycles. The van der Waals surface area contributed by atoms with Crippen molar-refractivity contribution >= 4 is 34.8 Å². The van der Waals surface area contributed by atoms with Gasteiger partial charge in [-0.15, -0.1) is 0 Å². The largest absolute Gasteiger partial charge is 0.320 e. The maximum absolute atomic E-state index is 12.9. The first-order chi connectivity index (χ1) is 14.4. The van der Waals surface area contributed by atoms with Crippen LogP contribution < -0.4 is 5.32 Å². The molecule has 30 heavy (non-hydrogen) atoms. The zero-order valence-corrected chi connectivity index (χ0v) is 18.0. The number of hydrogen-bond donors (Lipinski definition) is 1. The molecule has 1 heterocycles. The molecule has 0 aliphatic rings. The van der Waals surface area contributed by atoms with Gasteiger partial charge in [0.1, 0.15) is 0 Å². The third-order valence-electron chi connectivity index (χ3n) is 4.80. The fourth-order valence-electron chi connectivity index (χ4n) is 3.15. The lowest BCUT2D eigenvalue weighted by molar-refractivity contribution is 0.102. The van der Waals surface area contributed by atoms with Gasteiger partial charge in [0.25, 0.3) is 5.91 Å². The fourth-order valence-corrected chi connectivity index (χ4v) is 3.51. The summed E-state index contributed by atoms with van der Waals surface area (Å²) in [5, 5.41) is 8.79. The number of carbonyl (C=O) groups is 1. The van der Waals surface area contributed by atoms with Crippen molar-refractivity contribution in [3.8, 4) is 16.9 Å². The molecule has 0 unspecified atom stereocenters. The van der Waals surface area contributed by atoms with E-state index in [2.05, 4.69) is 10.4 Å². The van der Waals surface area contributed by atoms with E-state index in [1.165, 1.54) is 0 Å². The quantitative estimate of drug-likeness (QED) is 0.386. The molecule has 0 atom stereocenters. The SMILES string of the molecule is Cc1ccc(-n2nc(C(=O)Nc3ccc(Cl)cc3C)cc2-c2ccc(Cl)cc2)cc1. The van der Waals surface area contributed by atoms with Gasteiger partial charge in [-0.2, -0.15) is 5.10 Å². The molecular formula is C24H19Cl2N3O. The minimum atomic E-state index is -0.290. The van der Waals surface area contributed by atoms with Crippen LogP contribution in [0.15, 0.2) is 72.8 Å². The average molecular weight is 436 g/mol. The summed E-state index contributed by atoms with van der Waals surface area (Å²) in [6.45, 7) is 3.92. The van der Waals surface area contributed by atoms with Crippen molar-refractivity contribution in [3.05, 3.63) is 99.7 Å². The summed E-state index contributed by atoms with van der Waals surface area (Å²) in [4.78, 5) is 12.9. The van der Waals surface area contributed by atoms with Gasteiger partial charge in [0.2, 0.25) is 0 Å². The van der Waals surface area contributed by atoms with Gasteiger partial charge in [0, 0.05) is 21.3 Å². The predicted molar refractivity (Wildman–Crippen MR) is 123 cm³/mol. The van der Waals surface area contributed by atoms with E-state index in [-0.39, 0.29) is 5.91 Å². The summed E-state index contributed by atoms with van der Waals surface area (Å²) < 4.78 is 1.77. The summed E-state index contributed by atoms with van der Waals surface area (Å²) in [7, 11) is 0. The molecule has 0 spiro atoms. The highest BCUT2D eigenvalue weighted by molar-refractivity contribution is 6.31. The van der Waals surface area contributed by atoms with Crippen LogP contribution in [0.1, 0.15) is 21.6 Å². The molecule has 0 saturated heterocycles. The van der Waals surface area contributed by atoms with Gasteiger partial charge in [0.15, 0.2) is 5.69 Å². The second kappa shape index (κ2) is 8.34. The summed E-state index contributed by atoms with van der Waals surface area (Å²) in [6, 6.07) is 22.6. The highest BCUT2D eigenvalue weighted by Gasteiger charge is 2.17. The standard InChI is InChI=1S/C24H19Cl2N3O/c1-15-3-10-20(11-4-15)29-23(17-5-7-18(25)8-6-17)14-22(28-29)24(30)27-21-12-9-19(26)13-16(21)2/h3-14H,1-2H3,(H,27,30). The van der Waals surface area contributed by atoms with E-state index in [1.807, 2.05) is 62.4 Å². The summed E-state index contributed by atoms with van der Waals surface area (Å²) >= 11 is 12.1. The van der Waals surface area contributed by atoms with Crippen LogP contribution >= 0.6 is 23.2 Å². The number of amides is 1. The highest BCUT2D eigenvalue weighted by atomic mass is 35.5. The van der Waals surface area contributed by atoms with Crippen molar-refractivity contribution in [2.24, 2.45) is 0 Å². The van der Waals surface area contributed by atoms with Gasteiger partial charge in [-0.3, -0.25) is 4.79 Å². The molecule has 4 aromatic rings. The van der Waals surface area contributed by atoms with E-state index >= 15 is 0 Å². The molecule has 0 saturated carbocycles. The normalized spacial score (nSPS) is 10.8. The maximum Gasteiger partial charge on any atom is 0.276 e. The van der Waals surface area contributed by atoms with E-state index in [0.29, 0.717) is 21.4 Å². The third-order valence-corrected chi connectivity index (χ3v) is 5.28. The number of halogens is 2. The molecule has 1 N–H and O–H groups in total. The summed E-state index contributed by atoms with van der Waals surface area (Å²) in [6.07, 6.45) is 0. The van der Waals surface area contributed by atoms with Gasteiger partial charge >= 0.3 is 0 Å². The number of aromatic nitrogens is 2. The lowest BCUT2D eigenvalue weighted by atomic mass is 10.1. The van der Waals surface area contributed by atoms with Crippen molar-refractivity contribution in [3.63, 3.8) is 0 Å². The Hall–Kier alpha value is -3.08. The first kappa shape index (κ1) is 20.2. The topological polar surface area (TPSA) is 46.9 Å². The first-order valence-corrected chi connectivity index (χ1v) is 10.2. The Labute approximate surface area is 185 Å². The number of benzene rings is 3. The molecule has 0 fully saturated rings. The molecule has 4 nitrogen and oxygen atoms in total. The smallest absolute Gasteiger partial charge is 0.276 e. The molecule has 0 aliphatic heterocycles. The van der Waals surface area contributed by atoms with E-state index in [1.54, 1.807) is 28.9 Å². The third kappa shape index (κ3) is 4.25. The van der Waals surface area contributed by atoms with Gasteiger partial charge in [-0.25, -0.2) is 4.68 Å².